The van der Waals surface area contributed by atoms with Gasteiger partial charge in [0.1, 0.15) is 0 Å². The minimum absolute atomic E-state index is 0.162. The number of anilines is 1. The van der Waals surface area contributed by atoms with Crippen LogP contribution in [0.3, 0.4) is 0 Å². The molecule has 0 saturated carbocycles. The average molecular weight is 393 g/mol. The minimum atomic E-state index is -0.162. The first-order valence-corrected chi connectivity index (χ1v) is 9.46. The Hall–Kier alpha value is -4.24. The van der Waals surface area contributed by atoms with Gasteiger partial charge < -0.3 is 0 Å². The molecule has 6 heteroatoms. The van der Waals surface area contributed by atoms with Gasteiger partial charge in [-0.05, 0) is 60.9 Å². The molecule has 1 N–H and O–H groups in total. The monoisotopic (exact) mass is 393 g/mol. The molecule has 146 valence electrons. The van der Waals surface area contributed by atoms with Crippen LogP contribution in [-0.4, -0.2) is 15.8 Å². The van der Waals surface area contributed by atoms with Gasteiger partial charge in [-0.1, -0.05) is 36.4 Å². The summed E-state index contributed by atoms with van der Waals surface area (Å²) < 4.78 is 1.56. The van der Waals surface area contributed by atoms with Gasteiger partial charge in [0, 0.05) is 0 Å². The second kappa shape index (κ2) is 8.02. The molecule has 6 nitrogen and oxygen atoms in total. The predicted molar refractivity (Wildman–Crippen MR) is 119 cm³/mol. The number of aromatic nitrogens is 2. The predicted octanol–water partition coefficient (Wildman–Crippen LogP) is 4.32. The number of hydrogen-bond donors (Lipinski definition) is 1. The number of benzene rings is 3. The molecule has 4 rings (SSSR count). The van der Waals surface area contributed by atoms with E-state index in [0.29, 0.717) is 22.4 Å². The van der Waals surface area contributed by atoms with Gasteiger partial charge in [-0.25, -0.2) is 15.0 Å². The molecule has 30 heavy (non-hydrogen) atoms. The zero-order chi connectivity index (χ0) is 21.1. The van der Waals surface area contributed by atoms with Gasteiger partial charge in [0.25, 0.3) is 5.56 Å². The molecule has 0 aliphatic carbocycles. The molecule has 0 aliphatic heterocycles. The molecule has 0 unspecified atom stereocenters. The Morgan fingerprint density at radius 1 is 1.03 bits per heavy atom. The van der Waals surface area contributed by atoms with E-state index in [0.717, 1.165) is 22.4 Å². The third-order valence-electron chi connectivity index (χ3n) is 5.01. The molecule has 1 heterocycles. The van der Waals surface area contributed by atoms with Crippen LogP contribution in [0.1, 0.15) is 22.3 Å². The summed E-state index contributed by atoms with van der Waals surface area (Å²) in [5.41, 5.74) is 7.60. The minimum Gasteiger partial charge on any atom is -0.268 e. The summed E-state index contributed by atoms with van der Waals surface area (Å²) >= 11 is 0. The van der Waals surface area contributed by atoms with Crippen LogP contribution in [0.15, 0.2) is 76.6 Å². The van der Waals surface area contributed by atoms with E-state index >= 15 is 0 Å². The highest BCUT2D eigenvalue weighted by Gasteiger charge is 2.14. The Morgan fingerprint density at radius 3 is 2.57 bits per heavy atom. The van der Waals surface area contributed by atoms with Crippen LogP contribution in [0.2, 0.25) is 0 Å². The molecule has 0 fully saturated rings. The van der Waals surface area contributed by atoms with Crippen molar-refractivity contribution in [3.05, 3.63) is 99.3 Å². The number of rotatable bonds is 4. The van der Waals surface area contributed by atoms with Crippen LogP contribution >= 0.6 is 0 Å². The number of nitriles is 1. The van der Waals surface area contributed by atoms with E-state index in [1.165, 1.54) is 0 Å². The van der Waals surface area contributed by atoms with E-state index in [-0.39, 0.29) is 5.56 Å². The Balaban J connectivity index is 1.81. The van der Waals surface area contributed by atoms with Gasteiger partial charge in [-0.15, -0.1) is 0 Å². The maximum atomic E-state index is 13.3. The average Bonchev–Trinajstić information content (AvgIpc) is 2.77. The molecule has 0 atom stereocenters. The normalized spacial score (nSPS) is 11.0. The number of para-hydroxylation sites is 1. The van der Waals surface area contributed by atoms with Gasteiger partial charge in [-0.2, -0.15) is 10.4 Å². The molecule has 1 aromatic heterocycles. The van der Waals surface area contributed by atoms with E-state index in [9.17, 15) is 4.79 Å². The molecule has 0 bridgehead atoms. The Labute approximate surface area is 173 Å². The maximum Gasteiger partial charge on any atom is 0.267 e. The lowest BCUT2D eigenvalue weighted by atomic mass is 10.1. The van der Waals surface area contributed by atoms with E-state index in [2.05, 4.69) is 21.6 Å². The van der Waals surface area contributed by atoms with Crippen LogP contribution < -0.4 is 11.0 Å². The first-order chi connectivity index (χ1) is 14.6. The molecule has 0 aliphatic rings. The molecule has 0 amide bonds. The highest BCUT2D eigenvalue weighted by atomic mass is 16.1. The Morgan fingerprint density at radius 2 is 1.80 bits per heavy atom. The molecule has 0 radical (unpaired) electrons. The van der Waals surface area contributed by atoms with Crippen molar-refractivity contribution in [2.45, 2.75) is 13.8 Å². The van der Waals surface area contributed by atoms with E-state index in [4.69, 9.17) is 5.26 Å². The second-order valence-electron chi connectivity index (χ2n) is 6.92. The number of hydrazone groups is 1. The standard InChI is InChI=1S/C24H19N5O/c1-16-6-5-9-22(17(16)2)29-23(30)20-7-3-4-8-21(20)27-24(29)28-26-15-19-12-10-18(14-25)11-13-19/h3-13,15H,1-2H3,(H,27,28)/b26-15-. The van der Waals surface area contributed by atoms with Crippen molar-refractivity contribution in [1.29, 1.82) is 5.26 Å². The topological polar surface area (TPSA) is 83.1 Å². The Kier molecular flexibility index (Phi) is 5.10. The number of aryl methyl sites for hydroxylation is 1. The fourth-order valence-electron chi connectivity index (χ4n) is 3.22. The van der Waals surface area contributed by atoms with Crippen LogP contribution in [0.5, 0.6) is 0 Å². The maximum absolute atomic E-state index is 13.3. The third-order valence-corrected chi connectivity index (χ3v) is 5.01. The molecular formula is C24H19N5O. The zero-order valence-corrected chi connectivity index (χ0v) is 16.6. The van der Waals surface area contributed by atoms with Crippen molar-refractivity contribution in [1.82, 2.24) is 9.55 Å². The summed E-state index contributed by atoms with van der Waals surface area (Å²) in [6, 6.07) is 22.2. The van der Waals surface area contributed by atoms with E-state index in [1.54, 1.807) is 47.2 Å². The Bertz CT molecular complexity index is 1360. The van der Waals surface area contributed by atoms with Crippen LogP contribution in [0.4, 0.5) is 5.95 Å². The van der Waals surface area contributed by atoms with Gasteiger partial charge in [0.15, 0.2) is 0 Å². The number of nitrogens with zero attached hydrogens (tertiary/aromatic N) is 4. The van der Waals surface area contributed by atoms with Crippen molar-refractivity contribution in [3.8, 4) is 11.8 Å². The SMILES string of the molecule is Cc1cccc(-n2c(N/N=C\c3ccc(C#N)cc3)nc3ccccc3c2=O)c1C. The first-order valence-electron chi connectivity index (χ1n) is 9.46. The zero-order valence-electron chi connectivity index (χ0n) is 16.6. The van der Waals surface area contributed by atoms with Crippen LogP contribution in [-0.2, 0) is 0 Å². The molecular weight excluding hydrogens is 374 g/mol. The second-order valence-corrected chi connectivity index (χ2v) is 6.92. The van der Waals surface area contributed by atoms with Crippen molar-refractivity contribution in [3.63, 3.8) is 0 Å². The van der Waals surface area contributed by atoms with Crippen molar-refractivity contribution in [2.24, 2.45) is 5.10 Å². The highest BCUT2D eigenvalue weighted by Crippen LogP contribution is 2.21. The fourth-order valence-corrected chi connectivity index (χ4v) is 3.22. The molecule has 3 aromatic carbocycles. The third kappa shape index (κ3) is 3.56. The lowest BCUT2D eigenvalue weighted by Gasteiger charge is -2.16. The summed E-state index contributed by atoms with van der Waals surface area (Å²) in [7, 11) is 0. The van der Waals surface area contributed by atoms with Crippen molar-refractivity contribution in [2.75, 3.05) is 5.43 Å². The lowest BCUT2D eigenvalue weighted by Crippen LogP contribution is -2.23. The van der Waals surface area contributed by atoms with E-state index < -0.39 is 0 Å². The molecule has 0 saturated heterocycles. The lowest BCUT2D eigenvalue weighted by molar-refractivity contribution is 0.944. The largest absolute Gasteiger partial charge is 0.268 e. The molecule has 0 spiro atoms. The summed E-state index contributed by atoms with van der Waals surface area (Å²) in [6.45, 7) is 3.99. The number of nitrogens with one attached hydrogen (secondary N) is 1. The van der Waals surface area contributed by atoms with Gasteiger partial charge in [0.2, 0.25) is 5.95 Å². The number of hydrogen-bond acceptors (Lipinski definition) is 5. The van der Waals surface area contributed by atoms with E-state index in [1.807, 2.05) is 44.2 Å². The first kappa shape index (κ1) is 19.1. The quantitative estimate of drug-likeness (QED) is 0.413. The fraction of sp³-hybridized carbons (Fsp3) is 0.0833. The molecule has 4 aromatic rings. The highest BCUT2D eigenvalue weighted by molar-refractivity contribution is 5.81. The summed E-state index contributed by atoms with van der Waals surface area (Å²) in [6.07, 6.45) is 1.62. The summed E-state index contributed by atoms with van der Waals surface area (Å²) in [4.78, 5) is 18.0. The number of fused-ring (bicyclic) bond motifs is 1. The summed E-state index contributed by atoms with van der Waals surface area (Å²) in [5, 5.41) is 13.7. The van der Waals surface area contributed by atoms with Crippen molar-refractivity contribution >= 4 is 23.1 Å². The van der Waals surface area contributed by atoms with Gasteiger partial charge in [-0.3, -0.25) is 4.79 Å². The summed E-state index contributed by atoms with van der Waals surface area (Å²) in [5.74, 6) is 0.331. The smallest absolute Gasteiger partial charge is 0.267 e. The van der Waals surface area contributed by atoms with Crippen LogP contribution in [0.25, 0.3) is 16.6 Å². The van der Waals surface area contributed by atoms with Crippen LogP contribution in [0, 0.1) is 25.2 Å². The van der Waals surface area contributed by atoms with Crippen molar-refractivity contribution < 1.29 is 0 Å². The van der Waals surface area contributed by atoms with Gasteiger partial charge >= 0.3 is 0 Å². The van der Waals surface area contributed by atoms with Gasteiger partial charge in [0.05, 0.1) is 34.4 Å².